The Morgan fingerprint density at radius 2 is 1.92 bits per heavy atom. The Balaban J connectivity index is 1.55. The molecule has 1 aromatic heterocycles. The molecule has 0 atom stereocenters. The molecule has 37 heavy (non-hydrogen) atoms. The van der Waals surface area contributed by atoms with Crippen molar-refractivity contribution in [1.29, 1.82) is 0 Å². The van der Waals surface area contributed by atoms with Crippen molar-refractivity contribution in [1.82, 2.24) is 9.66 Å². The molecule has 4 rings (SSSR count). The second-order valence-electron chi connectivity index (χ2n) is 7.86. The molecule has 0 spiro atoms. The minimum atomic E-state index is -0.533. The van der Waals surface area contributed by atoms with Gasteiger partial charge in [-0.1, -0.05) is 35.0 Å². The molecule has 4 aromatic rings. The van der Waals surface area contributed by atoms with E-state index in [0.717, 1.165) is 4.47 Å². The average molecular weight is 567 g/mol. The van der Waals surface area contributed by atoms with E-state index in [0.29, 0.717) is 46.8 Å². The summed E-state index contributed by atoms with van der Waals surface area (Å²) in [6.07, 6.45) is 2.05. The van der Waals surface area contributed by atoms with Gasteiger partial charge in [-0.05, 0) is 61.0 Å². The van der Waals surface area contributed by atoms with E-state index >= 15 is 0 Å². The van der Waals surface area contributed by atoms with Crippen LogP contribution in [0, 0.1) is 5.82 Å². The summed E-state index contributed by atoms with van der Waals surface area (Å²) in [5.74, 6) is 0.219. The molecule has 190 valence electrons. The molecule has 0 aliphatic rings. The van der Waals surface area contributed by atoms with E-state index in [9.17, 15) is 14.0 Å². The molecule has 1 N–H and O–H groups in total. The first-order valence-corrected chi connectivity index (χ1v) is 12.4. The number of anilines is 1. The van der Waals surface area contributed by atoms with E-state index in [1.807, 2.05) is 19.9 Å². The maximum absolute atomic E-state index is 13.8. The van der Waals surface area contributed by atoms with Crippen molar-refractivity contribution in [2.75, 3.05) is 18.5 Å². The highest BCUT2D eigenvalue weighted by atomic mass is 79.9. The fourth-order valence-corrected chi connectivity index (χ4v) is 3.91. The molecule has 3 aromatic carbocycles. The van der Waals surface area contributed by atoms with Gasteiger partial charge in [0.2, 0.25) is 0 Å². The summed E-state index contributed by atoms with van der Waals surface area (Å²) in [5, 5.41) is 7.32. The van der Waals surface area contributed by atoms with E-state index in [-0.39, 0.29) is 17.9 Å². The Labute approximate surface area is 220 Å². The van der Waals surface area contributed by atoms with Crippen LogP contribution in [0.3, 0.4) is 0 Å². The maximum Gasteiger partial charge on any atom is 0.282 e. The summed E-state index contributed by atoms with van der Waals surface area (Å²) in [6, 6.07) is 16.3. The molecule has 0 fully saturated rings. The van der Waals surface area contributed by atoms with E-state index in [2.05, 4.69) is 31.3 Å². The topological polar surface area (TPSA) is 94.8 Å². The molecule has 0 unspecified atom stereocenters. The number of nitrogens with one attached hydrogen (secondary N) is 1. The molecule has 0 aliphatic heterocycles. The average Bonchev–Trinajstić information content (AvgIpc) is 2.89. The molecule has 0 bridgehead atoms. The van der Waals surface area contributed by atoms with Crippen molar-refractivity contribution in [2.24, 2.45) is 5.10 Å². The van der Waals surface area contributed by atoms with Gasteiger partial charge in [-0.2, -0.15) is 9.78 Å². The smallest absolute Gasteiger partial charge is 0.282 e. The van der Waals surface area contributed by atoms with E-state index in [1.165, 1.54) is 29.1 Å². The second kappa shape index (κ2) is 11.8. The lowest BCUT2D eigenvalue weighted by atomic mass is 10.2. The standard InChI is InChI=1S/C27H24BrFN4O4/c1-3-25-31-21-11-10-18(28)14-19(21)27(35)33(25)30-15-17-9-12-23(24(13-17)36-4-2)37-16-26(34)32-22-8-6-5-7-20(22)29/h5-15H,3-4,16H2,1-2H3,(H,32,34). The molecule has 0 saturated heterocycles. The van der Waals surface area contributed by atoms with E-state index in [4.69, 9.17) is 9.47 Å². The Hall–Kier alpha value is -4.05. The van der Waals surface area contributed by atoms with Crippen LogP contribution in [-0.2, 0) is 11.2 Å². The van der Waals surface area contributed by atoms with Crippen LogP contribution in [0.5, 0.6) is 11.5 Å². The number of carbonyl (C=O) groups excluding carboxylic acids is 1. The van der Waals surface area contributed by atoms with Gasteiger partial charge in [0.15, 0.2) is 18.1 Å². The summed E-state index contributed by atoms with van der Waals surface area (Å²) in [6.45, 7) is 3.75. The highest BCUT2D eigenvalue weighted by molar-refractivity contribution is 9.10. The van der Waals surface area contributed by atoms with Gasteiger partial charge < -0.3 is 14.8 Å². The molecule has 1 heterocycles. The summed E-state index contributed by atoms with van der Waals surface area (Å²) in [4.78, 5) is 29.9. The molecule has 0 saturated carbocycles. The maximum atomic E-state index is 13.8. The van der Waals surface area contributed by atoms with Gasteiger partial charge in [-0.25, -0.2) is 9.37 Å². The zero-order valence-corrected chi connectivity index (χ0v) is 21.8. The summed E-state index contributed by atoms with van der Waals surface area (Å²) < 4.78 is 27.1. The number of amides is 1. The predicted molar refractivity (Wildman–Crippen MR) is 144 cm³/mol. The van der Waals surface area contributed by atoms with Crippen molar-refractivity contribution >= 4 is 44.6 Å². The zero-order valence-electron chi connectivity index (χ0n) is 20.2. The van der Waals surface area contributed by atoms with Crippen molar-refractivity contribution in [3.05, 3.63) is 92.7 Å². The minimum Gasteiger partial charge on any atom is -0.490 e. The van der Waals surface area contributed by atoms with Crippen LogP contribution >= 0.6 is 15.9 Å². The van der Waals surface area contributed by atoms with Gasteiger partial charge >= 0.3 is 0 Å². The number of aromatic nitrogens is 2. The van der Waals surface area contributed by atoms with Gasteiger partial charge in [-0.3, -0.25) is 9.59 Å². The number of fused-ring (bicyclic) bond motifs is 1. The summed E-state index contributed by atoms with van der Waals surface area (Å²) in [5.41, 5.74) is 1.06. The number of halogens is 2. The first-order chi connectivity index (χ1) is 17.9. The van der Waals surface area contributed by atoms with Crippen molar-refractivity contribution in [3.8, 4) is 11.5 Å². The molecular formula is C27H24BrFN4O4. The Morgan fingerprint density at radius 3 is 2.68 bits per heavy atom. The van der Waals surface area contributed by atoms with Gasteiger partial charge in [0.1, 0.15) is 11.6 Å². The number of carbonyl (C=O) groups is 1. The van der Waals surface area contributed by atoms with Gasteiger partial charge in [0.05, 0.1) is 29.4 Å². The van der Waals surface area contributed by atoms with Crippen LogP contribution in [0.15, 0.2) is 75.0 Å². The number of rotatable bonds is 9. The molecule has 0 aliphatic carbocycles. The Bertz CT molecular complexity index is 1540. The number of ether oxygens (including phenoxy) is 2. The van der Waals surface area contributed by atoms with Crippen LogP contribution in [0.1, 0.15) is 25.2 Å². The first-order valence-electron chi connectivity index (χ1n) is 11.6. The number of benzene rings is 3. The van der Waals surface area contributed by atoms with Gasteiger partial charge in [0, 0.05) is 10.9 Å². The summed E-state index contributed by atoms with van der Waals surface area (Å²) in [7, 11) is 0. The SMILES string of the molecule is CCOc1cc(C=Nn2c(CC)nc3ccc(Br)cc3c2=O)ccc1OCC(=O)Nc1ccccc1F. The van der Waals surface area contributed by atoms with Crippen molar-refractivity contribution in [3.63, 3.8) is 0 Å². The third-order valence-electron chi connectivity index (χ3n) is 5.29. The third kappa shape index (κ3) is 6.21. The normalized spacial score (nSPS) is 11.1. The number of hydrogen-bond acceptors (Lipinski definition) is 6. The number of para-hydroxylation sites is 1. The predicted octanol–water partition coefficient (Wildman–Crippen LogP) is 5.16. The van der Waals surface area contributed by atoms with Crippen LogP contribution in [-0.4, -0.2) is 35.0 Å². The number of nitrogens with zero attached hydrogens (tertiary/aromatic N) is 3. The van der Waals surface area contributed by atoms with E-state index in [1.54, 1.807) is 36.4 Å². The van der Waals surface area contributed by atoms with Crippen molar-refractivity contribution < 1.29 is 18.7 Å². The second-order valence-corrected chi connectivity index (χ2v) is 8.78. The largest absolute Gasteiger partial charge is 0.490 e. The lowest BCUT2D eigenvalue weighted by Gasteiger charge is -2.13. The quantitative estimate of drug-likeness (QED) is 0.282. The molecule has 1 amide bonds. The first kappa shape index (κ1) is 26.0. The summed E-state index contributed by atoms with van der Waals surface area (Å²) >= 11 is 3.39. The number of aryl methyl sites for hydroxylation is 1. The van der Waals surface area contributed by atoms with Crippen LogP contribution < -0.4 is 20.3 Å². The van der Waals surface area contributed by atoms with E-state index < -0.39 is 11.7 Å². The Kier molecular flexibility index (Phi) is 8.29. The molecular weight excluding hydrogens is 543 g/mol. The fraction of sp³-hybridized carbons (Fsp3) is 0.185. The number of hydrogen-bond donors (Lipinski definition) is 1. The molecule has 0 radical (unpaired) electrons. The fourth-order valence-electron chi connectivity index (χ4n) is 3.55. The minimum absolute atomic E-state index is 0.0740. The van der Waals surface area contributed by atoms with Crippen molar-refractivity contribution in [2.45, 2.75) is 20.3 Å². The third-order valence-corrected chi connectivity index (χ3v) is 5.78. The lowest BCUT2D eigenvalue weighted by molar-refractivity contribution is -0.118. The highest BCUT2D eigenvalue weighted by Crippen LogP contribution is 2.28. The zero-order chi connectivity index (χ0) is 26.4. The van der Waals surface area contributed by atoms with Gasteiger partial charge in [0.25, 0.3) is 11.5 Å². The lowest BCUT2D eigenvalue weighted by Crippen LogP contribution is -2.22. The van der Waals surface area contributed by atoms with Crippen LogP contribution in [0.25, 0.3) is 10.9 Å². The van der Waals surface area contributed by atoms with Crippen LogP contribution in [0.4, 0.5) is 10.1 Å². The molecule has 10 heteroatoms. The van der Waals surface area contributed by atoms with Crippen LogP contribution in [0.2, 0.25) is 0 Å². The molecule has 8 nitrogen and oxygen atoms in total. The van der Waals surface area contributed by atoms with Gasteiger partial charge in [-0.15, -0.1) is 0 Å². The highest BCUT2D eigenvalue weighted by Gasteiger charge is 2.12. The monoisotopic (exact) mass is 566 g/mol. The Morgan fingerprint density at radius 1 is 1.11 bits per heavy atom.